The minimum absolute atomic E-state index is 0.671. The van der Waals surface area contributed by atoms with Gasteiger partial charge < -0.3 is 10.1 Å². The monoisotopic (exact) mass is 407 g/mol. The van der Waals surface area contributed by atoms with Crippen LogP contribution in [0.25, 0.3) is 10.9 Å². The van der Waals surface area contributed by atoms with Gasteiger partial charge in [0.25, 0.3) is 0 Å². The van der Waals surface area contributed by atoms with Crippen LogP contribution in [0.3, 0.4) is 0 Å². The van der Waals surface area contributed by atoms with Gasteiger partial charge in [-0.1, -0.05) is 0 Å². The molecule has 2 fully saturated rings. The summed E-state index contributed by atoms with van der Waals surface area (Å²) in [4.78, 5) is 7.58. The molecule has 1 saturated heterocycles. The van der Waals surface area contributed by atoms with Gasteiger partial charge in [0, 0.05) is 37.6 Å². The average Bonchev–Trinajstić information content (AvgIpc) is 3.32. The molecule has 1 N–H and O–H groups in total. The van der Waals surface area contributed by atoms with Gasteiger partial charge in [-0.3, -0.25) is 9.88 Å². The first-order chi connectivity index (χ1) is 14.2. The fraction of sp³-hybridized carbons (Fsp3) is 0.458. The molecule has 152 valence electrons. The number of nitrogens with zero attached hydrogens (tertiary/aromatic N) is 2. The molecule has 29 heavy (non-hydrogen) atoms. The second kappa shape index (κ2) is 8.05. The number of thiophene rings is 1. The zero-order chi connectivity index (χ0) is 19.8. The maximum Gasteiger partial charge on any atom is 0.119 e. The number of fused-ring (bicyclic) bond motifs is 3. The molecule has 0 amide bonds. The van der Waals surface area contributed by atoms with E-state index in [9.17, 15) is 0 Å². The summed E-state index contributed by atoms with van der Waals surface area (Å²) in [5.74, 6) is 2.42. The van der Waals surface area contributed by atoms with Crippen LogP contribution in [0, 0.1) is 18.8 Å². The van der Waals surface area contributed by atoms with Crippen molar-refractivity contribution < 1.29 is 4.74 Å². The van der Waals surface area contributed by atoms with Crippen molar-refractivity contribution in [3.8, 4) is 5.75 Å². The van der Waals surface area contributed by atoms with Crippen LogP contribution in [-0.2, 0) is 13.1 Å². The van der Waals surface area contributed by atoms with Gasteiger partial charge in [0.05, 0.1) is 18.3 Å². The summed E-state index contributed by atoms with van der Waals surface area (Å²) in [6, 6.07) is 11.3. The number of aromatic nitrogens is 1. The van der Waals surface area contributed by atoms with E-state index >= 15 is 0 Å². The highest BCUT2D eigenvalue weighted by Gasteiger charge is 2.41. The van der Waals surface area contributed by atoms with Gasteiger partial charge in [-0.15, -0.1) is 0 Å². The first-order valence-corrected chi connectivity index (χ1v) is 11.5. The summed E-state index contributed by atoms with van der Waals surface area (Å²) in [6.07, 6.45) is 2.71. The smallest absolute Gasteiger partial charge is 0.119 e. The van der Waals surface area contributed by atoms with E-state index in [0.717, 1.165) is 36.2 Å². The number of aryl methyl sites for hydroxylation is 1. The quantitative estimate of drug-likeness (QED) is 0.647. The largest absolute Gasteiger partial charge is 0.497 e. The molecule has 2 bridgehead atoms. The van der Waals surface area contributed by atoms with Crippen LogP contribution in [0.1, 0.15) is 29.7 Å². The Hall–Kier alpha value is -1.95. The van der Waals surface area contributed by atoms with E-state index in [1.54, 1.807) is 18.4 Å². The van der Waals surface area contributed by atoms with Crippen LogP contribution in [0.2, 0.25) is 0 Å². The van der Waals surface area contributed by atoms with Crippen LogP contribution in [0.15, 0.2) is 41.1 Å². The maximum absolute atomic E-state index is 5.37. The first-order valence-electron chi connectivity index (χ1n) is 10.6. The van der Waals surface area contributed by atoms with Crippen LogP contribution in [-0.4, -0.2) is 36.1 Å². The van der Waals surface area contributed by atoms with E-state index < -0.39 is 0 Å². The highest BCUT2D eigenvalue weighted by Crippen LogP contribution is 2.37. The molecule has 1 saturated carbocycles. The zero-order valence-electron chi connectivity index (χ0n) is 17.2. The Bertz CT molecular complexity index is 973. The van der Waals surface area contributed by atoms with Gasteiger partial charge in [-0.25, -0.2) is 0 Å². The Balaban J connectivity index is 1.26. The van der Waals surface area contributed by atoms with Crippen molar-refractivity contribution >= 4 is 22.2 Å². The van der Waals surface area contributed by atoms with E-state index in [4.69, 9.17) is 9.72 Å². The molecule has 1 aromatic carbocycles. The van der Waals surface area contributed by atoms with Crippen molar-refractivity contribution in [2.75, 3.05) is 20.2 Å². The molecule has 3 aromatic rings. The van der Waals surface area contributed by atoms with Gasteiger partial charge in [0.15, 0.2) is 0 Å². The van der Waals surface area contributed by atoms with E-state index in [1.807, 2.05) is 6.07 Å². The molecule has 2 unspecified atom stereocenters. The third-order valence-corrected chi connectivity index (χ3v) is 7.42. The number of piperidine rings is 1. The lowest BCUT2D eigenvalue weighted by atomic mass is 9.91. The summed E-state index contributed by atoms with van der Waals surface area (Å²) < 4.78 is 5.37. The van der Waals surface area contributed by atoms with Crippen molar-refractivity contribution in [1.82, 2.24) is 15.2 Å². The number of benzene rings is 1. The molecular weight excluding hydrogens is 378 g/mol. The Labute approximate surface area is 176 Å². The van der Waals surface area contributed by atoms with Gasteiger partial charge in [0.1, 0.15) is 5.75 Å². The van der Waals surface area contributed by atoms with Gasteiger partial charge >= 0.3 is 0 Å². The predicted molar refractivity (Wildman–Crippen MR) is 119 cm³/mol. The summed E-state index contributed by atoms with van der Waals surface area (Å²) in [5.41, 5.74) is 4.95. The molecule has 3 heterocycles. The first kappa shape index (κ1) is 19.0. The summed E-state index contributed by atoms with van der Waals surface area (Å²) in [7, 11) is 1.71. The van der Waals surface area contributed by atoms with Crippen LogP contribution >= 0.6 is 11.3 Å². The third-order valence-electron chi connectivity index (χ3n) is 6.69. The van der Waals surface area contributed by atoms with E-state index in [-0.39, 0.29) is 0 Å². The van der Waals surface area contributed by atoms with Gasteiger partial charge in [0.2, 0.25) is 0 Å². The number of pyridine rings is 1. The number of rotatable bonds is 6. The molecular formula is C24H29N3OS. The Kier molecular flexibility index (Phi) is 5.29. The van der Waals surface area contributed by atoms with Gasteiger partial charge in [-0.05, 0) is 83.8 Å². The minimum Gasteiger partial charge on any atom is -0.497 e. The van der Waals surface area contributed by atoms with Crippen LogP contribution in [0.5, 0.6) is 5.75 Å². The van der Waals surface area contributed by atoms with E-state index in [2.05, 4.69) is 52.2 Å². The number of methoxy groups -OCH3 is 1. The lowest BCUT2D eigenvalue weighted by Crippen LogP contribution is -2.50. The average molecular weight is 408 g/mol. The van der Waals surface area contributed by atoms with E-state index in [0.29, 0.717) is 6.04 Å². The molecule has 2 aromatic heterocycles. The zero-order valence-corrected chi connectivity index (χ0v) is 18.0. The molecule has 5 rings (SSSR count). The standard InChI is InChI=1S/C24H29N3OS/c1-16-9-20(26-23-6-5-21(28-2)10-22(16)23)14-27-12-18-3-4-19(13-27)24(18)25-11-17-7-8-29-15-17/h5-10,15,18-19,24-25H,3-4,11-14H2,1-2H3. The summed E-state index contributed by atoms with van der Waals surface area (Å²) in [5, 5.41) is 9.48. The second-order valence-electron chi connectivity index (χ2n) is 8.64. The highest BCUT2D eigenvalue weighted by atomic mass is 32.1. The SMILES string of the molecule is COc1ccc2nc(CN3CC4CCC(C3)C4NCc3ccsc3)cc(C)c2c1. The number of nitrogens with one attached hydrogen (secondary N) is 1. The number of likely N-dealkylation sites (tertiary alicyclic amines) is 1. The van der Waals surface area contributed by atoms with Crippen molar-refractivity contribution in [1.29, 1.82) is 0 Å². The number of hydrogen-bond donors (Lipinski definition) is 1. The molecule has 2 atom stereocenters. The Morgan fingerprint density at radius 2 is 2.00 bits per heavy atom. The van der Waals surface area contributed by atoms with E-state index in [1.165, 1.54) is 48.1 Å². The van der Waals surface area contributed by atoms with Crippen molar-refractivity contribution in [2.24, 2.45) is 11.8 Å². The fourth-order valence-electron chi connectivity index (χ4n) is 5.29. The predicted octanol–water partition coefficient (Wildman–Crippen LogP) is 4.61. The molecule has 5 heteroatoms. The van der Waals surface area contributed by atoms with Gasteiger partial charge in [-0.2, -0.15) is 11.3 Å². The topological polar surface area (TPSA) is 37.4 Å². The molecule has 4 nitrogen and oxygen atoms in total. The lowest BCUT2D eigenvalue weighted by molar-refractivity contribution is 0.121. The lowest BCUT2D eigenvalue weighted by Gasteiger charge is -2.38. The van der Waals surface area contributed by atoms with Crippen molar-refractivity contribution in [3.05, 3.63) is 57.9 Å². The van der Waals surface area contributed by atoms with Crippen molar-refractivity contribution in [3.63, 3.8) is 0 Å². The third kappa shape index (κ3) is 3.91. The maximum atomic E-state index is 5.37. The summed E-state index contributed by atoms with van der Waals surface area (Å²) in [6.45, 7) is 6.50. The molecule has 0 spiro atoms. The highest BCUT2D eigenvalue weighted by molar-refractivity contribution is 7.07. The number of ether oxygens (including phenoxy) is 1. The normalized spacial score (nSPS) is 24.3. The Morgan fingerprint density at radius 1 is 1.17 bits per heavy atom. The van der Waals surface area contributed by atoms with Crippen LogP contribution in [0.4, 0.5) is 0 Å². The summed E-state index contributed by atoms with van der Waals surface area (Å²) >= 11 is 1.79. The van der Waals surface area contributed by atoms with Crippen molar-refractivity contribution in [2.45, 2.75) is 38.9 Å². The molecule has 1 aliphatic carbocycles. The fourth-order valence-corrected chi connectivity index (χ4v) is 5.96. The number of hydrogen-bond acceptors (Lipinski definition) is 5. The molecule has 0 radical (unpaired) electrons. The second-order valence-corrected chi connectivity index (χ2v) is 9.42. The Morgan fingerprint density at radius 3 is 2.72 bits per heavy atom. The minimum atomic E-state index is 0.671. The molecule has 1 aliphatic heterocycles. The molecule has 2 aliphatic rings. The van der Waals surface area contributed by atoms with Crippen LogP contribution < -0.4 is 10.1 Å².